The van der Waals surface area contributed by atoms with Crippen LogP contribution >= 0.6 is 0 Å². The minimum atomic E-state index is -1.23. The molecular formula is C26H30FN5O2. The number of hydrogen-bond donors (Lipinski definition) is 1. The van der Waals surface area contributed by atoms with Crippen molar-refractivity contribution < 1.29 is 14.0 Å². The number of carbonyl (C=O) groups is 2. The smallest absolute Gasteiger partial charge is 0.243 e. The lowest BCUT2D eigenvalue weighted by molar-refractivity contribution is -0.138. The minimum absolute atomic E-state index is 0.00526. The molecule has 178 valence electrons. The molecule has 0 bridgehead atoms. The van der Waals surface area contributed by atoms with E-state index in [-0.39, 0.29) is 31.2 Å². The molecular weight excluding hydrogens is 433 g/mol. The summed E-state index contributed by atoms with van der Waals surface area (Å²) in [6.07, 6.45) is 1.81. The van der Waals surface area contributed by atoms with Gasteiger partial charge in [-0.3, -0.25) is 14.3 Å². The predicted octanol–water partition coefficient (Wildman–Crippen LogP) is 3.64. The van der Waals surface area contributed by atoms with Gasteiger partial charge in [0.25, 0.3) is 0 Å². The molecule has 0 aliphatic carbocycles. The third kappa shape index (κ3) is 5.50. The molecule has 1 fully saturated rings. The molecule has 1 aliphatic rings. The number of likely N-dealkylation sites (tertiary alicyclic amines) is 1. The second kappa shape index (κ2) is 10.6. The van der Waals surface area contributed by atoms with Gasteiger partial charge in [0.2, 0.25) is 11.8 Å². The van der Waals surface area contributed by atoms with Crippen molar-refractivity contribution in [1.82, 2.24) is 25.0 Å². The van der Waals surface area contributed by atoms with E-state index in [2.05, 4.69) is 41.4 Å². The fraction of sp³-hybridized carbons (Fsp3) is 0.385. The number of hydrogen-bond acceptors (Lipinski definition) is 4. The average molecular weight is 464 g/mol. The van der Waals surface area contributed by atoms with Crippen molar-refractivity contribution in [2.24, 2.45) is 0 Å². The van der Waals surface area contributed by atoms with Crippen LogP contribution in [0.15, 0.2) is 67.3 Å². The highest BCUT2D eigenvalue weighted by atomic mass is 19.1. The van der Waals surface area contributed by atoms with E-state index in [1.54, 1.807) is 4.68 Å². The quantitative estimate of drug-likeness (QED) is 0.553. The molecule has 8 heteroatoms. The van der Waals surface area contributed by atoms with Crippen LogP contribution in [0.5, 0.6) is 0 Å². The lowest BCUT2D eigenvalue weighted by Gasteiger charge is -2.27. The largest absolute Gasteiger partial charge is 0.343 e. The zero-order chi connectivity index (χ0) is 24.1. The molecule has 34 heavy (non-hydrogen) atoms. The van der Waals surface area contributed by atoms with Crippen LogP contribution in [-0.2, 0) is 16.1 Å². The number of nitrogens with zero attached hydrogens (tertiary/aromatic N) is 4. The highest BCUT2D eigenvalue weighted by Gasteiger charge is 2.40. The zero-order valence-electron chi connectivity index (χ0n) is 19.5. The summed E-state index contributed by atoms with van der Waals surface area (Å²) in [6, 6.07) is 16.6. The van der Waals surface area contributed by atoms with Crippen LogP contribution < -0.4 is 5.32 Å². The van der Waals surface area contributed by atoms with Crippen LogP contribution in [0, 0.1) is 0 Å². The summed E-state index contributed by atoms with van der Waals surface area (Å²) in [5.41, 5.74) is 3.07. The highest BCUT2D eigenvalue weighted by Crippen LogP contribution is 2.27. The molecule has 0 unspecified atom stereocenters. The van der Waals surface area contributed by atoms with Gasteiger partial charge < -0.3 is 10.2 Å². The molecule has 7 nitrogen and oxygen atoms in total. The number of rotatable bonds is 8. The summed E-state index contributed by atoms with van der Waals surface area (Å²) in [6.45, 7) is 4.52. The van der Waals surface area contributed by atoms with Crippen molar-refractivity contribution in [1.29, 1.82) is 0 Å². The van der Waals surface area contributed by atoms with E-state index >= 15 is 0 Å². The van der Waals surface area contributed by atoms with Gasteiger partial charge in [0.1, 0.15) is 24.9 Å². The first kappa shape index (κ1) is 23.6. The van der Waals surface area contributed by atoms with E-state index in [0.717, 1.165) is 11.1 Å². The van der Waals surface area contributed by atoms with Crippen molar-refractivity contribution >= 4 is 11.8 Å². The number of aromatic nitrogens is 3. The summed E-state index contributed by atoms with van der Waals surface area (Å²) in [5, 5.41) is 7.08. The SMILES string of the molecule is CC(C)c1ccc([C@@H](NC(=O)[C@@H]2C[C@@H](F)CN2C(=O)CCn2cncn2)c2ccccc2)cc1. The first-order chi connectivity index (χ1) is 16.4. The molecule has 1 N–H and O–H groups in total. The summed E-state index contributed by atoms with van der Waals surface area (Å²) in [4.78, 5) is 31.4. The molecule has 1 aliphatic heterocycles. The van der Waals surface area contributed by atoms with Crippen molar-refractivity contribution in [3.05, 3.63) is 83.9 Å². The molecule has 1 aromatic heterocycles. The first-order valence-electron chi connectivity index (χ1n) is 11.6. The van der Waals surface area contributed by atoms with Crippen molar-refractivity contribution in [2.45, 2.75) is 57.4 Å². The topological polar surface area (TPSA) is 80.1 Å². The van der Waals surface area contributed by atoms with Crippen LogP contribution in [0.4, 0.5) is 4.39 Å². The Hall–Kier alpha value is -3.55. The monoisotopic (exact) mass is 463 g/mol. The maximum Gasteiger partial charge on any atom is 0.243 e. The van der Waals surface area contributed by atoms with Gasteiger partial charge in [0.15, 0.2) is 0 Å². The third-order valence-corrected chi connectivity index (χ3v) is 6.25. The third-order valence-electron chi connectivity index (χ3n) is 6.25. The summed E-state index contributed by atoms with van der Waals surface area (Å²) in [5.74, 6) is -0.222. The van der Waals surface area contributed by atoms with Gasteiger partial charge in [-0.1, -0.05) is 68.4 Å². The number of nitrogens with one attached hydrogen (secondary N) is 1. The van der Waals surface area contributed by atoms with Gasteiger partial charge in [-0.2, -0.15) is 5.10 Å². The number of amides is 2. The predicted molar refractivity (Wildman–Crippen MR) is 127 cm³/mol. The molecule has 0 spiro atoms. The number of carbonyl (C=O) groups excluding carboxylic acids is 2. The van der Waals surface area contributed by atoms with Crippen LogP contribution in [0.2, 0.25) is 0 Å². The Morgan fingerprint density at radius 1 is 1.06 bits per heavy atom. The average Bonchev–Trinajstić information content (AvgIpc) is 3.51. The molecule has 2 aromatic carbocycles. The van der Waals surface area contributed by atoms with Gasteiger partial charge in [-0.25, -0.2) is 9.37 Å². The van der Waals surface area contributed by atoms with E-state index in [1.165, 1.54) is 23.1 Å². The Kier molecular flexibility index (Phi) is 7.35. The minimum Gasteiger partial charge on any atom is -0.343 e. The summed E-state index contributed by atoms with van der Waals surface area (Å²) < 4.78 is 15.9. The second-order valence-corrected chi connectivity index (χ2v) is 8.98. The Labute approximate surface area is 199 Å². The normalized spacial score (nSPS) is 18.8. The van der Waals surface area contributed by atoms with Gasteiger partial charge >= 0.3 is 0 Å². The molecule has 1 saturated heterocycles. The van der Waals surface area contributed by atoms with Gasteiger partial charge in [-0.15, -0.1) is 0 Å². The number of benzene rings is 2. The van der Waals surface area contributed by atoms with E-state index < -0.39 is 18.3 Å². The Morgan fingerprint density at radius 3 is 2.38 bits per heavy atom. The molecule has 2 amide bonds. The van der Waals surface area contributed by atoms with Crippen LogP contribution in [0.25, 0.3) is 0 Å². The van der Waals surface area contributed by atoms with Crippen LogP contribution in [0.1, 0.15) is 55.3 Å². The summed E-state index contributed by atoms with van der Waals surface area (Å²) >= 11 is 0. The lowest BCUT2D eigenvalue weighted by atomic mass is 9.95. The number of alkyl halides is 1. The summed E-state index contributed by atoms with van der Waals surface area (Å²) in [7, 11) is 0. The highest BCUT2D eigenvalue weighted by molar-refractivity contribution is 5.89. The van der Waals surface area contributed by atoms with E-state index in [4.69, 9.17) is 0 Å². The molecule has 3 aromatic rings. The van der Waals surface area contributed by atoms with Crippen molar-refractivity contribution in [3.8, 4) is 0 Å². The number of aryl methyl sites for hydroxylation is 1. The maximum absolute atomic E-state index is 14.4. The molecule has 3 atom stereocenters. The van der Waals surface area contributed by atoms with Gasteiger partial charge in [-0.05, 0) is 22.6 Å². The Balaban J connectivity index is 1.52. The van der Waals surface area contributed by atoms with E-state index in [1.807, 2.05) is 42.5 Å². The Bertz CT molecular complexity index is 1090. The Morgan fingerprint density at radius 2 is 1.74 bits per heavy atom. The standard InChI is InChI=1S/C26H30FN5O2/c1-18(2)19-8-10-21(11-9-19)25(20-6-4-3-5-7-20)30-26(34)23-14-22(27)15-32(23)24(33)12-13-31-17-28-16-29-31/h3-11,16-18,22-23,25H,12-15H2,1-2H3,(H,30,34)/t22-,23+,25+/m1/s1. The van der Waals surface area contributed by atoms with Gasteiger partial charge in [0, 0.05) is 12.8 Å². The van der Waals surface area contributed by atoms with Crippen molar-refractivity contribution in [2.75, 3.05) is 6.54 Å². The fourth-order valence-corrected chi connectivity index (χ4v) is 4.33. The maximum atomic E-state index is 14.4. The van der Waals surface area contributed by atoms with Gasteiger partial charge in [0.05, 0.1) is 19.1 Å². The molecule has 0 radical (unpaired) electrons. The fourth-order valence-electron chi connectivity index (χ4n) is 4.33. The second-order valence-electron chi connectivity index (χ2n) is 8.98. The molecule has 0 saturated carbocycles. The van der Waals surface area contributed by atoms with Crippen LogP contribution in [-0.4, -0.2) is 50.2 Å². The lowest BCUT2D eigenvalue weighted by Crippen LogP contribution is -2.47. The number of halogens is 1. The molecule has 2 heterocycles. The molecule has 4 rings (SSSR count). The zero-order valence-corrected chi connectivity index (χ0v) is 19.5. The first-order valence-corrected chi connectivity index (χ1v) is 11.6. The van der Waals surface area contributed by atoms with E-state index in [0.29, 0.717) is 12.5 Å². The van der Waals surface area contributed by atoms with Crippen LogP contribution in [0.3, 0.4) is 0 Å². The van der Waals surface area contributed by atoms with E-state index in [9.17, 15) is 14.0 Å². The van der Waals surface area contributed by atoms with Crippen molar-refractivity contribution in [3.63, 3.8) is 0 Å².